The molecule has 0 aromatic heterocycles. The van der Waals surface area contributed by atoms with Gasteiger partial charge in [-0.3, -0.25) is 9.69 Å². The molecule has 1 amide bonds. The van der Waals surface area contributed by atoms with Gasteiger partial charge in [-0.15, -0.1) is 0 Å². The van der Waals surface area contributed by atoms with Gasteiger partial charge in [0.2, 0.25) is 0 Å². The average Bonchev–Trinajstić information content (AvgIpc) is 2.77. The van der Waals surface area contributed by atoms with Crippen LogP contribution in [0.25, 0.3) is 6.08 Å². The molecule has 0 saturated carbocycles. The number of carbonyl (C=O) groups excluding carboxylic acids is 1. The van der Waals surface area contributed by atoms with Crippen molar-refractivity contribution in [1.82, 2.24) is 4.90 Å². The predicted molar refractivity (Wildman–Crippen MR) is 101 cm³/mol. The Morgan fingerprint density at radius 1 is 1.52 bits per heavy atom. The first-order chi connectivity index (χ1) is 11.0. The molecule has 1 atom stereocenters. The van der Waals surface area contributed by atoms with E-state index in [4.69, 9.17) is 23.8 Å². The second kappa shape index (κ2) is 8.19. The molecule has 0 radical (unpaired) electrons. The molecule has 2 rings (SSSR count). The van der Waals surface area contributed by atoms with E-state index in [1.54, 1.807) is 24.3 Å². The summed E-state index contributed by atoms with van der Waals surface area (Å²) in [4.78, 5) is 25.6. The van der Waals surface area contributed by atoms with Crippen molar-refractivity contribution in [3.8, 4) is 0 Å². The van der Waals surface area contributed by atoms with Crippen molar-refractivity contribution in [2.24, 2.45) is 0 Å². The highest BCUT2D eigenvalue weighted by atomic mass is 35.5. The standard InChI is InChI=1S/C15H14ClNO3S3/c1-22-7-6-11(14(19)20)17-13(18)12(23-15(17)21)8-9-4-2-3-5-10(9)16/h2-5,8,11H,6-7H2,1H3,(H,19,20). The maximum atomic E-state index is 12.6. The predicted octanol–water partition coefficient (Wildman–Crippen LogP) is 3.75. The van der Waals surface area contributed by atoms with E-state index in [0.717, 1.165) is 11.8 Å². The summed E-state index contributed by atoms with van der Waals surface area (Å²) in [6.45, 7) is 0. The van der Waals surface area contributed by atoms with Gasteiger partial charge < -0.3 is 5.11 Å². The monoisotopic (exact) mass is 387 g/mol. The summed E-state index contributed by atoms with van der Waals surface area (Å²) in [6, 6.07) is 6.20. The fourth-order valence-electron chi connectivity index (χ4n) is 2.07. The van der Waals surface area contributed by atoms with Gasteiger partial charge in [-0.1, -0.05) is 53.8 Å². The minimum atomic E-state index is -1.05. The van der Waals surface area contributed by atoms with Gasteiger partial charge in [0, 0.05) is 5.02 Å². The van der Waals surface area contributed by atoms with Crippen molar-refractivity contribution in [1.29, 1.82) is 0 Å². The van der Waals surface area contributed by atoms with Crippen molar-refractivity contribution >= 4 is 69.6 Å². The summed E-state index contributed by atoms with van der Waals surface area (Å²) in [5.41, 5.74) is 0.700. The first-order valence-electron chi connectivity index (χ1n) is 6.69. The fourth-order valence-corrected chi connectivity index (χ4v) is 4.07. The number of amides is 1. The molecule has 122 valence electrons. The van der Waals surface area contributed by atoms with Crippen LogP contribution in [0.15, 0.2) is 29.2 Å². The lowest BCUT2D eigenvalue weighted by Crippen LogP contribution is -2.44. The molecule has 1 aromatic rings. The van der Waals surface area contributed by atoms with Crippen LogP contribution in [0.3, 0.4) is 0 Å². The third-order valence-corrected chi connectivity index (χ3v) is 5.53. The van der Waals surface area contributed by atoms with E-state index < -0.39 is 12.0 Å². The van der Waals surface area contributed by atoms with Gasteiger partial charge in [0.1, 0.15) is 10.4 Å². The molecule has 23 heavy (non-hydrogen) atoms. The maximum Gasteiger partial charge on any atom is 0.326 e. The number of nitrogens with zero attached hydrogens (tertiary/aromatic N) is 1. The topological polar surface area (TPSA) is 57.6 Å². The molecule has 1 aliphatic rings. The Labute approximate surface area is 153 Å². The second-order valence-electron chi connectivity index (χ2n) is 4.71. The molecule has 0 spiro atoms. The smallest absolute Gasteiger partial charge is 0.326 e. The SMILES string of the molecule is CSCCC(C(=O)O)N1C(=O)C(=Cc2ccccc2Cl)SC1=S. The Bertz CT molecular complexity index is 678. The largest absolute Gasteiger partial charge is 0.480 e. The Kier molecular flexibility index (Phi) is 6.52. The lowest BCUT2D eigenvalue weighted by molar-refractivity contribution is -0.145. The number of carboxylic acid groups (broad SMARTS) is 1. The lowest BCUT2D eigenvalue weighted by atomic mass is 10.1. The first-order valence-corrected chi connectivity index (χ1v) is 9.68. The summed E-state index contributed by atoms with van der Waals surface area (Å²) in [5.74, 6) is -0.791. The molecule has 0 bridgehead atoms. The van der Waals surface area contributed by atoms with Crippen LogP contribution >= 0.6 is 47.3 Å². The van der Waals surface area contributed by atoms with Crippen LogP contribution < -0.4 is 0 Å². The van der Waals surface area contributed by atoms with Gasteiger partial charge in [0.15, 0.2) is 0 Å². The third-order valence-electron chi connectivity index (χ3n) is 3.21. The van der Waals surface area contributed by atoms with Gasteiger partial charge >= 0.3 is 5.97 Å². The van der Waals surface area contributed by atoms with Crippen LogP contribution in [0.2, 0.25) is 5.02 Å². The number of carbonyl (C=O) groups is 2. The van der Waals surface area contributed by atoms with Crippen LogP contribution in [0.5, 0.6) is 0 Å². The average molecular weight is 388 g/mol. The molecule has 1 aromatic carbocycles. The molecule has 1 unspecified atom stereocenters. The van der Waals surface area contributed by atoms with E-state index in [-0.39, 0.29) is 10.2 Å². The van der Waals surface area contributed by atoms with Crippen LogP contribution in [-0.4, -0.2) is 44.3 Å². The zero-order valence-electron chi connectivity index (χ0n) is 12.2. The van der Waals surface area contributed by atoms with Crippen LogP contribution in [-0.2, 0) is 9.59 Å². The number of rotatable bonds is 6. The molecule has 8 heteroatoms. The highest BCUT2D eigenvalue weighted by Crippen LogP contribution is 2.35. The van der Waals surface area contributed by atoms with E-state index in [1.807, 2.05) is 12.3 Å². The van der Waals surface area contributed by atoms with E-state index in [1.165, 1.54) is 16.7 Å². The van der Waals surface area contributed by atoms with Crippen molar-refractivity contribution in [3.63, 3.8) is 0 Å². The number of thioether (sulfide) groups is 2. The van der Waals surface area contributed by atoms with Gasteiger partial charge in [0.25, 0.3) is 5.91 Å². The summed E-state index contributed by atoms with van der Waals surface area (Å²) in [7, 11) is 0. The number of hydrogen-bond acceptors (Lipinski definition) is 5. The normalized spacial score (nSPS) is 17.8. The van der Waals surface area contributed by atoms with Gasteiger partial charge in [-0.2, -0.15) is 11.8 Å². The molecule has 1 heterocycles. The summed E-state index contributed by atoms with van der Waals surface area (Å²) >= 11 is 13.9. The molecule has 1 saturated heterocycles. The quantitative estimate of drug-likeness (QED) is 0.592. The zero-order valence-corrected chi connectivity index (χ0v) is 15.4. The number of halogens is 1. The number of aliphatic carboxylic acids is 1. The minimum absolute atomic E-state index is 0.266. The Morgan fingerprint density at radius 2 is 2.22 bits per heavy atom. The van der Waals surface area contributed by atoms with Gasteiger partial charge in [0.05, 0.1) is 4.91 Å². The van der Waals surface area contributed by atoms with Gasteiger partial charge in [-0.05, 0) is 36.1 Å². The number of carboxylic acids is 1. The number of benzene rings is 1. The zero-order chi connectivity index (χ0) is 17.0. The maximum absolute atomic E-state index is 12.6. The highest BCUT2D eigenvalue weighted by Gasteiger charge is 2.40. The first kappa shape index (κ1) is 18.3. The summed E-state index contributed by atoms with van der Waals surface area (Å²) in [5, 5.41) is 9.93. The number of thiocarbonyl (C=S) groups is 1. The second-order valence-corrected chi connectivity index (χ2v) is 7.78. The molecule has 4 nitrogen and oxygen atoms in total. The van der Waals surface area contributed by atoms with E-state index in [9.17, 15) is 14.7 Å². The number of hydrogen-bond donors (Lipinski definition) is 1. The minimum Gasteiger partial charge on any atom is -0.480 e. The fraction of sp³-hybridized carbons (Fsp3) is 0.267. The lowest BCUT2D eigenvalue weighted by Gasteiger charge is -2.22. The Balaban J connectivity index is 2.29. The van der Waals surface area contributed by atoms with Gasteiger partial charge in [-0.25, -0.2) is 4.79 Å². The Morgan fingerprint density at radius 3 is 2.83 bits per heavy atom. The molecular formula is C15H14ClNO3S3. The van der Waals surface area contributed by atoms with Crippen molar-refractivity contribution in [2.45, 2.75) is 12.5 Å². The molecule has 0 aliphatic carbocycles. The van der Waals surface area contributed by atoms with Crippen molar-refractivity contribution < 1.29 is 14.7 Å². The summed E-state index contributed by atoms with van der Waals surface area (Å²) in [6.07, 6.45) is 3.89. The highest BCUT2D eigenvalue weighted by molar-refractivity contribution is 8.26. The molecular weight excluding hydrogens is 374 g/mol. The van der Waals surface area contributed by atoms with Crippen molar-refractivity contribution in [2.75, 3.05) is 12.0 Å². The molecule has 1 N–H and O–H groups in total. The third kappa shape index (κ3) is 4.29. The Hall–Kier alpha value is -1.02. The van der Waals surface area contributed by atoms with E-state index >= 15 is 0 Å². The molecule has 1 fully saturated rings. The van der Waals surface area contributed by atoms with E-state index in [2.05, 4.69) is 0 Å². The summed E-state index contributed by atoms with van der Waals surface area (Å²) < 4.78 is 0.266. The van der Waals surface area contributed by atoms with E-state index in [0.29, 0.717) is 27.7 Å². The van der Waals surface area contributed by atoms with Crippen LogP contribution in [0.1, 0.15) is 12.0 Å². The molecule has 1 aliphatic heterocycles. The van der Waals surface area contributed by atoms with Crippen molar-refractivity contribution in [3.05, 3.63) is 39.8 Å². The van der Waals surface area contributed by atoms with Crippen LogP contribution in [0.4, 0.5) is 0 Å². The van der Waals surface area contributed by atoms with Crippen LogP contribution in [0, 0.1) is 0 Å².